The minimum atomic E-state index is -0.516. The van der Waals surface area contributed by atoms with Gasteiger partial charge in [0.15, 0.2) is 0 Å². The summed E-state index contributed by atoms with van der Waals surface area (Å²) in [5.41, 5.74) is 2.51. The van der Waals surface area contributed by atoms with Gasteiger partial charge in [0.25, 0.3) is 0 Å². The van der Waals surface area contributed by atoms with E-state index in [0.717, 1.165) is 16.6 Å². The van der Waals surface area contributed by atoms with Gasteiger partial charge in [0.05, 0.1) is 17.1 Å². The van der Waals surface area contributed by atoms with Crippen LogP contribution >= 0.6 is 11.6 Å². The fourth-order valence-electron chi connectivity index (χ4n) is 2.64. The Hall–Kier alpha value is -2.57. The van der Waals surface area contributed by atoms with Crippen LogP contribution in [-0.2, 0) is 17.9 Å². The Kier molecular flexibility index (Phi) is 5.75. The number of benzene rings is 2. The zero-order valence-corrected chi connectivity index (χ0v) is 15.2. The highest BCUT2D eigenvalue weighted by atomic mass is 35.5. The summed E-state index contributed by atoms with van der Waals surface area (Å²) in [7, 11) is 0. The number of anilines is 1. The van der Waals surface area contributed by atoms with Crippen molar-refractivity contribution < 1.29 is 9.90 Å². The van der Waals surface area contributed by atoms with E-state index in [0.29, 0.717) is 24.1 Å². The minimum Gasteiger partial charge on any atom is -0.392 e. The van der Waals surface area contributed by atoms with Crippen molar-refractivity contribution in [3.8, 4) is 0 Å². The van der Waals surface area contributed by atoms with Gasteiger partial charge < -0.3 is 20.3 Å². The second-order valence-corrected chi connectivity index (χ2v) is 6.52. The molecule has 1 amide bonds. The molecular weight excluding hydrogens is 352 g/mol. The van der Waals surface area contributed by atoms with Crippen molar-refractivity contribution in [2.24, 2.45) is 0 Å². The van der Waals surface area contributed by atoms with Crippen LogP contribution in [0.5, 0.6) is 0 Å². The molecular formula is C19H21ClN4O2. The molecule has 7 heteroatoms. The highest BCUT2D eigenvalue weighted by Crippen LogP contribution is 2.19. The average Bonchev–Trinajstić information content (AvgIpc) is 2.97. The van der Waals surface area contributed by atoms with E-state index >= 15 is 0 Å². The number of halogens is 1. The number of aliphatic hydroxyl groups excluding tert-OH is 1. The topological polar surface area (TPSA) is 79.2 Å². The minimum absolute atomic E-state index is 0.118. The largest absolute Gasteiger partial charge is 0.392 e. The summed E-state index contributed by atoms with van der Waals surface area (Å²) in [5, 5.41) is 16.1. The second kappa shape index (κ2) is 8.21. The molecule has 0 spiro atoms. The zero-order chi connectivity index (χ0) is 18.5. The number of para-hydroxylation sites is 2. The standard InChI is InChI=1S/C19H21ClN4O2/c1-13(25)10-22-19-23-16-8-4-5-9-17(16)24(19)12-18(26)21-11-14-6-2-3-7-15(14)20/h2-9,13,25H,10-12H2,1H3,(H,21,26)(H,22,23). The molecule has 136 valence electrons. The van der Waals surface area contributed by atoms with Gasteiger partial charge in [0.1, 0.15) is 6.54 Å². The monoisotopic (exact) mass is 372 g/mol. The van der Waals surface area contributed by atoms with Crippen LogP contribution in [0.3, 0.4) is 0 Å². The molecule has 26 heavy (non-hydrogen) atoms. The second-order valence-electron chi connectivity index (χ2n) is 6.11. The average molecular weight is 373 g/mol. The fourth-order valence-corrected chi connectivity index (χ4v) is 2.85. The number of aromatic nitrogens is 2. The Bertz CT molecular complexity index is 907. The van der Waals surface area contributed by atoms with Gasteiger partial charge in [-0.3, -0.25) is 4.79 Å². The van der Waals surface area contributed by atoms with E-state index in [1.165, 1.54) is 0 Å². The van der Waals surface area contributed by atoms with E-state index in [-0.39, 0.29) is 12.5 Å². The molecule has 2 aromatic carbocycles. The van der Waals surface area contributed by atoms with Crippen LogP contribution in [0.2, 0.25) is 5.02 Å². The molecule has 6 nitrogen and oxygen atoms in total. The molecule has 3 aromatic rings. The number of rotatable bonds is 7. The third-order valence-electron chi connectivity index (χ3n) is 3.95. The highest BCUT2D eigenvalue weighted by Gasteiger charge is 2.14. The third kappa shape index (κ3) is 4.33. The van der Waals surface area contributed by atoms with Gasteiger partial charge in [-0.1, -0.05) is 41.9 Å². The number of hydrogen-bond acceptors (Lipinski definition) is 4. The summed E-state index contributed by atoms with van der Waals surface area (Å²) < 4.78 is 1.81. The smallest absolute Gasteiger partial charge is 0.240 e. The van der Waals surface area contributed by atoms with Crippen LogP contribution in [0, 0.1) is 0 Å². The van der Waals surface area contributed by atoms with Crippen LogP contribution in [0.25, 0.3) is 11.0 Å². The lowest BCUT2D eigenvalue weighted by Gasteiger charge is -2.12. The molecule has 3 rings (SSSR count). The molecule has 0 aliphatic carbocycles. The first kappa shape index (κ1) is 18.2. The molecule has 0 aliphatic rings. The summed E-state index contributed by atoms with van der Waals surface area (Å²) in [4.78, 5) is 17.0. The predicted octanol–water partition coefficient (Wildman–Crippen LogP) is 2.80. The van der Waals surface area contributed by atoms with Crippen molar-refractivity contribution in [3.63, 3.8) is 0 Å². The number of imidazole rings is 1. The number of hydrogen-bond donors (Lipinski definition) is 3. The molecule has 1 atom stereocenters. The van der Waals surface area contributed by atoms with Gasteiger partial charge >= 0.3 is 0 Å². The number of amides is 1. The number of fused-ring (bicyclic) bond motifs is 1. The summed E-state index contributed by atoms with van der Waals surface area (Å²) >= 11 is 6.12. The van der Waals surface area contributed by atoms with E-state index in [2.05, 4.69) is 15.6 Å². The molecule has 0 aliphatic heterocycles. The maximum Gasteiger partial charge on any atom is 0.240 e. The number of carbonyl (C=O) groups excluding carboxylic acids is 1. The van der Waals surface area contributed by atoms with E-state index in [1.54, 1.807) is 17.6 Å². The van der Waals surface area contributed by atoms with Gasteiger partial charge in [0.2, 0.25) is 11.9 Å². The Balaban J connectivity index is 1.75. The molecule has 1 heterocycles. The van der Waals surface area contributed by atoms with E-state index in [9.17, 15) is 9.90 Å². The Morgan fingerprint density at radius 3 is 2.73 bits per heavy atom. The molecule has 0 radical (unpaired) electrons. The van der Waals surface area contributed by atoms with Gasteiger partial charge in [-0.2, -0.15) is 0 Å². The molecule has 0 saturated carbocycles. The van der Waals surface area contributed by atoms with Crippen molar-refractivity contribution in [2.45, 2.75) is 26.1 Å². The molecule has 1 unspecified atom stereocenters. The summed E-state index contributed by atoms with van der Waals surface area (Å²) in [6, 6.07) is 15.0. The highest BCUT2D eigenvalue weighted by molar-refractivity contribution is 6.31. The number of aliphatic hydroxyl groups is 1. The number of nitrogens with one attached hydrogen (secondary N) is 2. The van der Waals surface area contributed by atoms with Crippen molar-refractivity contribution in [1.82, 2.24) is 14.9 Å². The Morgan fingerprint density at radius 1 is 1.23 bits per heavy atom. The fraction of sp³-hybridized carbons (Fsp3) is 0.263. The molecule has 3 N–H and O–H groups in total. The maximum atomic E-state index is 12.4. The van der Waals surface area contributed by atoms with Gasteiger partial charge in [-0.25, -0.2) is 4.98 Å². The molecule has 1 aromatic heterocycles. The summed E-state index contributed by atoms with van der Waals surface area (Å²) in [6.07, 6.45) is -0.516. The quantitative estimate of drug-likeness (QED) is 0.596. The van der Waals surface area contributed by atoms with Crippen LogP contribution in [-0.4, -0.2) is 33.2 Å². The zero-order valence-electron chi connectivity index (χ0n) is 14.4. The van der Waals surface area contributed by atoms with Crippen LogP contribution < -0.4 is 10.6 Å². The van der Waals surface area contributed by atoms with Gasteiger partial charge in [0, 0.05) is 18.1 Å². The number of carbonyl (C=O) groups is 1. The third-order valence-corrected chi connectivity index (χ3v) is 4.31. The van der Waals surface area contributed by atoms with Crippen molar-refractivity contribution in [1.29, 1.82) is 0 Å². The van der Waals surface area contributed by atoms with Gasteiger partial charge in [-0.15, -0.1) is 0 Å². The lowest BCUT2D eigenvalue weighted by Crippen LogP contribution is -2.28. The summed E-state index contributed by atoms with van der Waals surface area (Å²) in [6.45, 7) is 2.52. The SMILES string of the molecule is CC(O)CNc1nc2ccccc2n1CC(=O)NCc1ccccc1Cl. The van der Waals surface area contributed by atoms with Crippen LogP contribution in [0.1, 0.15) is 12.5 Å². The van der Waals surface area contributed by atoms with Crippen LogP contribution in [0.15, 0.2) is 48.5 Å². The van der Waals surface area contributed by atoms with Crippen molar-refractivity contribution in [3.05, 3.63) is 59.1 Å². The lowest BCUT2D eigenvalue weighted by molar-refractivity contribution is -0.121. The first-order valence-electron chi connectivity index (χ1n) is 8.42. The lowest BCUT2D eigenvalue weighted by atomic mass is 10.2. The number of nitrogens with zero attached hydrogens (tertiary/aromatic N) is 2. The Labute approximate surface area is 156 Å². The van der Waals surface area contributed by atoms with E-state index < -0.39 is 6.10 Å². The predicted molar refractivity (Wildman–Crippen MR) is 103 cm³/mol. The van der Waals surface area contributed by atoms with E-state index in [1.807, 2.05) is 42.5 Å². The van der Waals surface area contributed by atoms with E-state index in [4.69, 9.17) is 11.6 Å². The normalized spacial score (nSPS) is 12.1. The molecule has 0 fully saturated rings. The Morgan fingerprint density at radius 2 is 1.96 bits per heavy atom. The van der Waals surface area contributed by atoms with Crippen molar-refractivity contribution in [2.75, 3.05) is 11.9 Å². The first-order chi connectivity index (χ1) is 12.5. The maximum absolute atomic E-state index is 12.4. The first-order valence-corrected chi connectivity index (χ1v) is 8.79. The molecule has 0 saturated heterocycles. The summed E-state index contributed by atoms with van der Waals surface area (Å²) in [5.74, 6) is 0.410. The van der Waals surface area contributed by atoms with Gasteiger partial charge in [-0.05, 0) is 30.7 Å². The van der Waals surface area contributed by atoms with Crippen molar-refractivity contribution >= 4 is 34.5 Å². The van der Waals surface area contributed by atoms with Crippen LogP contribution in [0.4, 0.5) is 5.95 Å². The molecule has 0 bridgehead atoms.